The van der Waals surface area contributed by atoms with Crippen LogP contribution in [0.4, 0.5) is 0 Å². The van der Waals surface area contributed by atoms with Gasteiger partial charge in [-0.1, -0.05) is 12.1 Å². The normalized spacial score (nSPS) is 12.4. The molecule has 0 aliphatic heterocycles. The summed E-state index contributed by atoms with van der Waals surface area (Å²) < 4.78 is 5.04. The molecule has 0 heterocycles. The van der Waals surface area contributed by atoms with E-state index in [9.17, 15) is 9.90 Å². The van der Waals surface area contributed by atoms with Crippen molar-refractivity contribution in [1.29, 1.82) is 0 Å². The fourth-order valence-corrected chi connectivity index (χ4v) is 1.47. The Hall–Kier alpha value is -1.85. The molecule has 0 radical (unpaired) electrons. The summed E-state index contributed by atoms with van der Waals surface area (Å²) >= 11 is 0. The Labute approximate surface area is 112 Å². The van der Waals surface area contributed by atoms with Gasteiger partial charge in [-0.3, -0.25) is 4.79 Å². The minimum Gasteiger partial charge on any atom is -0.497 e. The number of amides is 1. The molecule has 2 N–H and O–H groups in total. The summed E-state index contributed by atoms with van der Waals surface area (Å²) in [5.41, 5.74) is 0.880. The van der Waals surface area contributed by atoms with Gasteiger partial charge in [-0.05, 0) is 23.8 Å². The Bertz CT molecular complexity index is 428. The maximum Gasteiger partial charge on any atom is 0.246 e. The van der Waals surface area contributed by atoms with Gasteiger partial charge in [-0.15, -0.1) is 0 Å². The summed E-state index contributed by atoms with van der Waals surface area (Å²) in [7, 11) is 3.16. The van der Waals surface area contributed by atoms with Crippen LogP contribution in [0.25, 0.3) is 6.08 Å². The first-order valence-corrected chi connectivity index (χ1v) is 5.93. The first-order chi connectivity index (χ1) is 9.06. The zero-order valence-electron chi connectivity index (χ0n) is 11.1. The Balaban J connectivity index is 2.57. The van der Waals surface area contributed by atoms with Gasteiger partial charge in [-0.25, -0.2) is 0 Å². The Kier molecular flexibility index (Phi) is 6.05. The number of hydrogen-bond donors (Lipinski definition) is 2. The molecule has 104 valence electrons. The number of methoxy groups -OCH3 is 1. The van der Waals surface area contributed by atoms with E-state index in [1.54, 1.807) is 20.2 Å². The molecule has 5 nitrogen and oxygen atoms in total. The van der Waals surface area contributed by atoms with E-state index in [4.69, 9.17) is 9.84 Å². The van der Waals surface area contributed by atoms with E-state index in [0.29, 0.717) is 0 Å². The molecular weight excluding hydrogens is 246 g/mol. The molecule has 0 aliphatic rings. The standard InChI is InChI=1S/C14H19NO4/c1-15(9-12(17)10-16)14(18)8-5-11-3-6-13(19-2)7-4-11/h3-8,12,16-17H,9-10H2,1-2H3. The fraction of sp³-hybridized carbons (Fsp3) is 0.357. The van der Waals surface area contributed by atoms with Gasteiger partial charge >= 0.3 is 0 Å². The van der Waals surface area contributed by atoms with Gasteiger partial charge in [0, 0.05) is 19.7 Å². The largest absolute Gasteiger partial charge is 0.497 e. The number of carbonyl (C=O) groups excluding carboxylic acids is 1. The topological polar surface area (TPSA) is 70.0 Å². The number of hydrogen-bond acceptors (Lipinski definition) is 4. The molecule has 0 bridgehead atoms. The zero-order valence-corrected chi connectivity index (χ0v) is 11.1. The molecular formula is C14H19NO4. The highest BCUT2D eigenvalue weighted by Gasteiger charge is 2.10. The van der Waals surface area contributed by atoms with E-state index in [-0.39, 0.29) is 19.1 Å². The van der Waals surface area contributed by atoms with E-state index >= 15 is 0 Å². The van der Waals surface area contributed by atoms with Gasteiger partial charge in [0.25, 0.3) is 0 Å². The molecule has 1 rings (SSSR count). The summed E-state index contributed by atoms with van der Waals surface area (Å²) in [6.45, 7) is -0.262. The van der Waals surface area contributed by atoms with Gasteiger partial charge in [0.1, 0.15) is 5.75 Å². The van der Waals surface area contributed by atoms with Gasteiger partial charge in [0.15, 0.2) is 0 Å². The van der Waals surface area contributed by atoms with E-state index < -0.39 is 6.10 Å². The minimum atomic E-state index is -0.914. The SMILES string of the molecule is COc1ccc(C=CC(=O)N(C)CC(O)CO)cc1. The van der Waals surface area contributed by atoms with Gasteiger partial charge in [-0.2, -0.15) is 0 Å². The molecule has 5 heteroatoms. The van der Waals surface area contributed by atoms with Crippen LogP contribution in [-0.2, 0) is 4.79 Å². The van der Waals surface area contributed by atoms with Crippen molar-refractivity contribution in [1.82, 2.24) is 4.90 Å². The maximum atomic E-state index is 11.7. The smallest absolute Gasteiger partial charge is 0.246 e. The number of benzene rings is 1. The predicted molar refractivity (Wildman–Crippen MR) is 72.8 cm³/mol. The number of aliphatic hydroxyl groups excluding tert-OH is 2. The number of aliphatic hydroxyl groups is 2. The van der Waals surface area contributed by atoms with Crippen LogP contribution in [0.2, 0.25) is 0 Å². The van der Waals surface area contributed by atoms with Crippen LogP contribution in [-0.4, -0.2) is 54.4 Å². The minimum absolute atomic E-state index is 0.0995. The van der Waals surface area contributed by atoms with E-state index in [0.717, 1.165) is 11.3 Å². The molecule has 0 spiro atoms. The van der Waals surface area contributed by atoms with Crippen molar-refractivity contribution in [2.75, 3.05) is 27.3 Å². The number of carbonyl (C=O) groups is 1. The molecule has 1 aromatic rings. The van der Waals surface area contributed by atoms with Crippen LogP contribution in [0, 0.1) is 0 Å². The van der Waals surface area contributed by atoms with Crippen LogP contribution in [0.5, 0.6) is 5.75 Å². The van der Waals surface area contributed by atoms with Crippen molar-refractivity contribution in [3.05, 3.63) is 35.9 Å². The summed E-state index contributed by atoms with van der Waals surface area (Å²) in [5, 5.41) is 17.9. The first-order valence-electron chi connectivity index (χ1n) is 5.93. The third-order valence-electron chi connectivity index (χ3n) is 2.61. The molecule has 1 atom stereocenters. The summed E-state index contributed by atoms with van der Waals surface area (Å²) in [6.07, 6.45) is 2.19. The van der Waals surface area contributed by atoms with E-state index in [1.807, 2.05) is 24.3 Å². The second kappa shape index (κ2) is 7.56. The van der Waals surface area contributed by atoms with Crippen LogP contribution < -0.4 is 4.74 Å². The quantitative estimate of drug-likeness (QED) is 0.736. The molecule has 0 aliphatic carbocycles. The van der Waals surface area contributed by atoms with Crippen molar-refractivity contribution in [2.45, 2.75) is 6.10 Å². The Morgan fingerprint density at radius 1 is 1.42 bits per heavy atom. The number of ether oxygens (including phenoxy) is 1. The zero-order chi connectivity index (χ0) is 14.3. The molecule has 1 unspecified atom stereocenters. The average Bonchev–Trinajstić information content (AvgIpc) is 2.44. The monoisotopic (exact) mass is 265 g/mol. The van der Waals surface area contributed by atoms with Crippen molar-refractivity contribution in [3.8, 4) is 5.75 Å². The lowest BCUT2D eigenvalue weighted by atomic mass is 10.2. The third-order valence-corrected chi connectivity index (χ3v) is 2.61. The summed E-state index contributed by atoms with van der Waals surface area (Å²) in [4.78, 5) is 13.1. The molecule has 1 aromatic carbocycles. The van der Waals surface area contributed by atoms with Crippen molar-refractivity contribution in [3.63, 3.8) is 0 Å². The van der Waals surface area contributed by atoms with Crippen LogP contribution in [0.15, 0.2) is 30.3 Å². The van der Waals surface area contributed by atoms with Crippen molar-refractivity contribution in [2.24, 2.45) is 0 Å². The molecule has 1 amide bonds. The Morgan fingerprint density at radius 3 is 2.58 bits per heavy atom. The molecule has 0 saturated carbocycles. The molecule has 19 heavy (non-hydrogen) atoms. The van der Waals surface area contributed by atoms with Crippen LogP contribution in [0.3, 0.4) is 0 Å². The van der Waals surface area contributed by atoms with Crippen LogP contribution in [0.1, 0.15) is 5.56 Å². The third kappa shape index (κ3) is 5.11. The Morgan fingerprint density at radius 2 is 2.05 bits per heavy atom. The van der Waals surface area contributed by atoms with Gasteiger partial charge in [0.05, 0.1) is 19.8 Å². The first kappa shape index (κ1) is 15.2. The van der Waals surface area contributed by atoms with E-state index in [1.165, 1.54) is 11.0 Å². The van der Waals surface area contributed by atoms with E-state index in [2.05, 4.69) is 0 Å². The highest BCUT2D eigenvalue weighted by atomic mass is 16.5. The van der Waals surface area contributed by atoms with Gasteiger partial charge < -0.3 is 19.8 Å². The van der Waals surface area contributed by atoms with Crippen LogP contribution >= 0.6 is 0 Å². The second-order valence-electron chi connectivity index (χ2n) is 4.16. The number of likely N-dealkylation sites (N-methyl/N-ethyl adjacent to an activating group) is 1. The second-order valence-corrected chi connectivity index (χ2v) is 4.16. The molecule has 0 aromatic heterocycles. The highest BCUT2D eigenvalue weighted by molar-refractivity contribution is 5.91. The highest BCUT2D eigenvalue weighted by Crippen LogP contribution is 2.12. The van der Waals surface area contributed by atoms with Crippen molar-refractivity contribution >= 4 is 12.0 Å². The average molecular weight is 265 g/mol. The van der Waals surface area contributed by atoms with Crippen molar-refractivity contribution < 1.29 is 19.7 Å². The van der Waals surface area contributed by atoms with Gasteiger partial charge in [0.2, 0.25) is 5.91 Å². The summed E-state index contributed by atoms with van der Waals surface area (Å²) in [5.74, 6) is 0.523. The molecule has 0 saturated heterocycles. The lowest BCUT2D eigenvalue weighted by Crippen LogP contribution is -2.34. The predicted octanol–water partition coefficient (Wildman–Crippen LogP) is 0.520. The number of nitrogens with zero attached hydrogens (tertiary/aromatic N) is 1. The summed E-state index contributed by atoms with van der Waals surface area (Å²) in [6, 6.07) is 7.29. The lowest BCUT2D eigenvalue weighted by Gasteiger charge is -2.17. The number of rotatable bonds is 6. The molecule has 0 fully saturated rings. The fourth-order valence-electron chi connectivity index (χ4n) is 1.47. The lowest BCUT2D eigenvalue weighted by molar-refractivity contribution is -0.126. The maximum absolute atomic E-state index is 11.7.